The van der Waals surface area contributed by atoms with E-state index in [1.54, 1.807) is 0 Å². The van der Waals surface area contributed by atoms with E-state index < -0.39 is 0 Å². The Morgan fingerprint density at radius 1 is 1.06 bits per heavy atom. The Balaban J connectivity index is 1.55. The summed E-state index contributed by atoms with van der Waals surface area (Å²) < 4.78 is 0. The molecule has 4 unspecified atom stereocenters. The summed E-state index contributed by atoms with van der Waals surface area (Å²) in [5, 5.41) is 0. The van der Waals surface area contributed by atoms with E-state index in [1.807, 2.05) is 0 Å². The summed E-state index contributed by atoms with van der Waals surface area (Å²) in [6.45, 7) is 0. The van der Waals surface area contributed by atoms with E-state index in [4.69, 9.17) is 0 Å². The predicted octanol–water partition coefficient (Wildman–Crippen LogP) is 3.96. The van der Waals surface area contributed by atoms with Crippen LogP contribution in [0.25, 0.3) is 0 Å². The average Bonchev–Trinajstić information content (AvgIpc) is 2.80. The molecule has 4 atom stereocenters. The van der Waals surface area contributed by atoms with Crippen molar-refractivity contribution in [3.8, 4) is 0 Å². The van der Waals surface area contributed by atoms with E-state index in [9.17, 15) is 4.79 Å². The Kier molecular flexibility index (Phi) is 3.04. The maximum absolute atomic E-state index is 11.6. The van der Waals surface area contributed by atoms with E-state index in [1.165, 1.54) is 44.9 Å². The fraction of sp³-hybridized carbons (Fsp3) is 0.933. The van der Waals surface area contributed by atoms with Gasteiger partial charge in [0.25, 0.3) is 0 Å². The molecule has 0 aromatic rings. The smallest absolute Gasteiger partial charge is 0.133 e. The third-order valence-electron chi connectivity index (χ3n) is 5.35. The predicted molar refractivity (Wildman–Crippen MR) is 65.1 cm³/mol. The minimum atomic E-state index is 0.547. The third kappa shape index (κ3) is 2.19. The Bertz CT molecular complexity index is 271. The molecule has 0 N–H and O–H groups in total. The molecule has 1 heteroatoms. The van der Waals surface area contributed by atoms with Gasteiger partial charge < -0.3 is 0 Å². The van der Waals surface area contributed by atoms with Gasteiger partial charge in [0.05, 0.1) is 0 Å². The number of carbonyl (C=O) groups is 1. The van der Waals surface area contributed by atoms with Gasteiger partial charge in [-0.15, -0.1) is 0 Å². The molecule has 0 aliphatic heterocycles. The van der Waals surface area contributed by atoms with Gasteiger partial charge in [0.15, 0.2) is 0 Å². The van der Waals surface area contributed by atoms with Gasteiger partial charge in [0.1, 0.15) is 5.78 Å². The van der Waals surface area contributed by atoms with Crippen molar-refractivity contribution in [2.75, 3.05) is 0 Å². The first-order valence-electron chi connectivity index (χ1n) is 7.33. The minimum absolute atomic E-state index is 0.547. The highest BCUT2D eigenvalue weighted by atomic mass is 16.1. The summed E-state index contributed by atoms with van der Waals surface area (Å²) in [5.74, 6) is 4.40. The minimum Gasteiger partial charge on any atom is -0.300 e. The normalized spacial score (nSPS) is 43.6. The van der Waals surface area contributed by atoms with Crippen molar-refractivity contribution >= 4 is 5.78 Å². The highest BCUT2D eigenvalue weighted by Gasteiger charge is 2.40. The van der Waals surface area contributed by atoms with Crippen LogP contribution in [-0.4, -0.2) is 5.78 Å². The van der Waals surface area contributed by atoms with Crippen molar-refractivity contribution in [1.29, 1.82) is 0 Å². The van der Waals surface area contributed by atoms with Crippen LogP contribution in [0, 0.1) is 23.7 Å². The molecule has 0 spiro atoms. The van der Waals surface area contributed by atoms with E-state index in [0.717, 1.165) is 42.9 Å². The number of rotatable bonds is 2. The van der Waals surface area contributed by atoms with Gasteiger partial charge in [0.2, 0.25) is 0 Å². The zero-order valence-electron chi connectivity index (χ0n) is 10.3. The Labute approximate surface area is 99.0 Å². The summed E-state index contributed by atoms with van der Waals surface area (Å²) in [6.07, 6.45) is 13.0. The largest absolute Gasteiger partial charge is 0.300 e. The molecule has 3 rings (SSSR count). The molecule has 16 heavy (non-hydrogen) atoms. The summed E-state index contributed by atoms with van der Waals surface area (Å²) in [5.41, 5.74) is 0. The fourth-order valence-electron chi connectivity index (χ4n) is 4.58. The number of Topliss-reactive ketones (excluding diaryl/α,β-unsaturated/α-hetero) is 1. The van der Waals surface area contributed by atoms with Crippen LogP contribution in [0.4, 0.5) is 0 Å². The molecule has 3 fully saturated rings. The van der Waals surface area contributed by atoms with Crippen LogP contribution >= 0.6 is 0 Å². The van der Waals surface area contributed by atoms with Gasteiger partial charge in [-0.05, 0) is 55.8 Å². The van der Waals surface area contributed by atoms with Crippen molar-refractivity contribution in [1.82, 2.24) is 0 Å². The SMILES string of the molecule is O=C1CCCCC(CC2CC3CCC2C3)C1. The molecular formula is C15H24O. The molecule has 3 aliphatic rings. The maximum Gasteiger partial charge on any atom is 0.133 e. The van der Waals surface area contributed by atoms with Crippen molar-refractivity contribution in [3.63, 3.8) is 0 Å². The zero-order valence-corrected chi connectivity index (χ0v) is 10.3. The highest BCUT2D eigenvalue weighted by Crippen LogP contribution is 2.51. The molecule has 1 nitrogen and oxygen atoms in total. The molecule has 3 aliphatic carbocycles. The van der Waals surface area contributed by atoms with Crippen molar-refractivity contribution < 1.29 is 4.79 Å². The molecule has 0 aromatic carbocycles. The molecule has 0 amide bonds. The average molecular weight is 220 g/mol. The van der Waals surface area contributed by atoms with Crippen LogP contribution in [0.2, 0.25) is 0 Å². The summed E-state index contributed by atoms with van der Waals surface area (Å²) in [4.78, 5) is 11.6. The molecule has 3 saturated carbocycles. The van der Waals surface area contributed by atoms with Crippen LogP contribution < -0.4 is 0 Å². The number of hydrogen-bond donors (Lipinski definition) is 0. The summed E-state index contributed by atoms with van der Waals surface area (Å²) in [6, 6.07) is 0. The first kappa shape index (κ1) is 10.8. The van der Waals surface area contributed by atoms with Crippen LogP contribution in [0.5, 0.6) is 0 Å². The Hall–Kier alpha value is -0.330. The second-order valence-corrected chi connectivity index (χ2v) is 6.53. The van der Waals surface area contributed by atoms with Gasteiger partial charge in [-0.2, -0.15) is 0 Å². The second-order valence-electron chi connectivity index (χ2n) is 6.53. The van der Waals surface area contributed by atoms with Crippen molar-refractivity contribution in [2.24, 2.45) is 23.7 Å². The monoisotopic (exact) mass is 220 g/mol. The zero-order chi connectivity index (χ0) is 11.0. The molecule has 2 bridgehead atoms. The summed E-state index contributed by atoms with van der Waals surface area (Å²) >= 11 is 0. The number of fused-ring (bicyclic) bond motifs is 2. The van der Waals surface area contributed by atoms with Crippen LogP contribution in [-0.2, 0) is 4.79 Å². The standard InChI is InChI=1S/C15H24O/c16-15-4-2-1-3-11(10-15)8-14-9-12-5-6-13(14)7-12/h11-14H,1-10H2. The number of carbonyl (C=O) groups excluding carboxylic acids is 1. The molecular weight excluding hydrogens is 196 g/mol. The third-order valence-corrected chi connectivity index (χ3v) is 5.35. The lowest BCUT2D eigenvalue weighted by Gasteiger charge is -2.25. The lowest BCUT2D eigenvalue weighted by atomic mass is 9.80. The molecule has 0 aromatic heterocycles. The van der Waals surface area contributed by atoms with Crippen LogP contribution in [0.3, 0.4) is 0 Å². The van der Waals surface area contributed by atoms with Crippen LogP contribution in [0.15, 0.2) is 0 Å². The maximum atomic E-state index is 11.6. The fourth-order valence-corrected chi connectivity index (χ4v) is 4.58. The second kappa shape index (κ2) is 4.50. The van der Waals surface area contributed by atoms with E-state index >= 15 is 0 Å². The first-order valence-corrected chi connectivity index (χ1v) is 7.33. The molecule has 0 heterocycles. The topological polar surface area (TPSA) is 17.1 Å². The molecule has 90 valence electrons. The van der Waals surface area contributed by atoms with Gasteiger partial charge in [-0.1, -0.05) is 19.3 Å². The molecule has 0 saturated heterocycles. The lowest BCUT2D eigenvalue weighted by molar-refractivity contribution is -0.119. The van der Waals surface area contributed by atoms with Gasteiger partial charge in [-0.25, -0.2) is 0 Å². The van der Waals surface area contributed by atoms with Gasteiger partial charge in [0, 0.05) is 12.8 Å². The van der Waals surface area contributed by atoms with Gasteiger partial charge in [-0.3, -0.25) is 4.79 Å². The Morgan fingerprint density at radius 3 is 2.75 bits per heavy atom. The van der Waals surface area contributed by atoms with Crippen molar-refractivity contribution in [3.05, 3.63) is 0 Å². The van der Waals surface area contributed by atoms with E-state index in [2.05, 4.69) is 0 Å². The first-order chi connectivity index (χ1) is 7.81. The highest BCUT2D eigenvalue weighted by molar-refractivity contribution is 5.78. The van der Waals surface area contributed by atoms with E-state index in [0.29, 0.717) is 5.78 Å². The lowest BCUT2D eigenvalue weighted by Crippen LogP contribution is -2.16. The number of ketones is 1. The summed E-state index contributed by atoms with van der Waals surface area (Å²) in [7, 11) is 0. The number of hydrogen-bond acceptors (Lipinski definition) is 1. The van der Waals surface area contributed by atoms with Crippen LogP contribution in [0.1, 0.15) is 64.2 Å². The quantitative estimate of drug-likeness (QED) is 0.644. The Morgan fingerprint density at radius 2 is 2.00 bits per heavy atom. The van der Waals surface area contributed by atoms with E-state index in [-0.39, 0.29) is 0 Å². The van der Waals surface area contributed by atoms with Crippen molar-refractivity contribution in [2.45, 2.75) is 64.2 Å². The molecule has 0 radical (unpaired) electrons. The van der Waals surface area contributed by atoms with Gasteiger partial charge >= 0.3 is 0 Å².